The molecule has 0 saturated heterocycles. The molecule has 1 heterocycles. The van der Waals surface area contributed by atoms with Crippen molar-refractivity contribution < 1.29 is 9.84 Å². The van der Waals surface area contributed by atoms with Crippen LogP contribution in [0.25, 0.3) is 10.9 Å². The average Bonchev–Trinajstić information content (AvgIpc) is 2.66. The Balaban J connectivity index is 2.23. The van der Waals surface area contributed by atoms with Gasteiger partial charge in [-0.1, -0.05) is 6.07 Å². The van der Waals surface area contributed by atoms with Crippen LogP contribution in [0.1, 0.15) is 5.69 Å². The van der Waals surface area contributed by atoms with Gasteiger partial charge < -0.3 is 14.8 Å². The van der Waals surface area contributed by atoms with Gasteiger partial charge in [0.2, 0.25) is 0 Å². The van der Waals surface area contributed by atoms with Crippen LogP contribution in [-0.4, -0.2) is 28.7 Å². The largest absolute Gasteiger partial charge is 0.490 e. The summed E-state index contributed by atoms with van der Waals surface area (Å²) in [5, 5.41) is 10.4. The second-order valence-corrected chi connectivity index (χ2v) is 4.10. The van der Waals surface area contributed by atoms with Crippen molar-refractivity contribution >= 4 is 22.5 Å². The highest BCUT2D eigenvalue weighted by molar-refractivity contribution is 6.18. The highest BCUT2D eigenvalue weighted by Crippen LogP contribution is 2.26. The quantitative estimate of drug-likeness (QED) is 0.805. The number of aliphatic hydroxyl groups excluding tert-OH is 1. The van der Waals surface area contributed by atoms with E-state index in [0.29, 0.717) is 0 Å². The van der Waals surface area contributed by atoms with Gasteiger partial charge in [-0.25, -0.2) is 0 Å². The summed E-state index contributed by atoms with van der Waals surface area (Å²) >= 11 is 5.50. The summed E-state index contributed by atoms with van der Waals surface area (Å²) in [5.74, 6) is 0.952. The monoisotopic (exact) mass is 239 g/mol. The summed E-state index contributed by atoms with van der Waals surface area (Å²) < 4.78 is 5.53. The van der Waals surface area contributed by atoms with Crippen LogP contribution in [0.15, 0.2) is 24.3 Å². The van der Waals surface area contributed by atoms with Gasteiger partial charge in [-0.2, -0.15) is 0 Å². The second kappa shape index (κ2) is 4.76. The minimum absolute atomic E-state index is 0.183. The molecule has 3 nitrogen and oxygen atoms in total. The lowest BCUT2D eigenvalue weighted by Gasteiger charge is -2.10. The van der Waals surface area contributed by atoms with Gasteiger partial charge in [0.1, 0.15) is 18.5 Å². The minimum Gasteiger partial charge on any atom is -0.490 e. The van der Waals surface area contributed by atoms with Crippen LogP contribution in [0.3, 0.4) is 0 Å². The molecule has 2 N–H and O–H groups in total. The number of H-pyrrole nitrogens is 1. The van der Waals surface area contributed by atoms with E-state index in [-0.39, 0.29) is 12.5 Å². The van der Waals surface area contributed by atoms with Crippen molar-refractivity contribution in [2.24, 2.45) is 0 Å². The van der Waals surface area contributed by atoms with E-state index < -0.39 is 6.10 Å². The van der Waals surface area contributed by atoms with Crippen molar-refractivity contribution in [2.45, 2.75) is 13.0 Å². The Morgan fingerprint density at radius 3 is 3.06 bits per heavy atom. The van der Waals surface area contributed by atoms with Crippen LogP contribution in [-0.2, 0) is 0 Å². The predicted octanol–water partition coefficient (Wildman–Crippen LogP) is 2.45. The van der Waals surface area contributed by atoms with E-state index in [9.17, 15) is 5.11 Å². The zero-order valence-electron chi connectivity index (χ0n) is 9.03. The predicted molar refractivity (Wildman–Crippen MR) is 65.3 cm³/mol. The lowest BCUT2D eigenvalue weighted by atomic mass is 10.2. The first-order chi connectivity index (χ1) is 7.70. The molecular formula is C12H14ClNO2. The van der Waals surface area contributed by atoms with E-state index in [1.165, 1.54) is 0 Å². The van der Waals surface area contributed by atoms with E-state index in [1.807, 2.05) is 31.2 Å². The summed E-state index contributed by atoms with van der Waals surface area (Å²) in [4.78, 5) is 3.23. The topological polar surface area (TPSA) is 45.2 Å². The molecule has 0 aliphatic heterocycles. The van der Waals surface area contributed by atoms with Gasteiger partial charge >= 0.3 is 0 Å². The zero-order valence-corrected chi connectivity index (χ0v) is 9.79. The molecule has 1 aromatic carbocycles. The van der Waals surface area contributed by atoms with Crippen molar-refractivity contribution in [3.63, 3.8) is 0 Å². The Morgan fingerprint density at radius 1 is 1.50 bits per heavy atom. The third-order valence-corrected chi connectivity index (χ3v) is 2.72. The Bertz CT molecular complexity index is 481. The maximum Gasteiger partial charge on any atom is 0.128 e. The first-order valence-electron chi connectivity index (χ1n) is 5.16. The van der Waals surface area contributed by atoms with Gasteiger partial charge in [-0.3, -0.25) is 0 Å². The van der Waals surface area contributed by atoms with E-state index >= 15 is 0 Å². The van der Waals surface area contributed by atoms with Gasteiger partial charge in [-0.15, -0.1) is 11.6 Å². The molecule has 2 rings (SSSR count). The SMILES string of the molecule is Cc1cc2c(OCC(O)CCl)cccc2[nH]1. The van der Waals surface area contributed by atoms with Crippen LogP contribution in [0.2, 0.25) is 0 Å². The molecule has 0 radical (unpaired) electrons. The second-order valence-electron chi connectivity index (χ2n) is 3.79. The van der Waals surface area contributed by atoms with Gasteiger partial charge in [-0.05, 0) is 25.1 Å². The third kappa shape index (κ3) is 2.31. The van der Waals surface area contributed by atoms with E-state index in [0.717, 1.165) is 22.3 Å². The minimum atomic E-state index is -0.628. The zero-order chi connectivity index (χ0) is 11.5. The summed E-state index contributed by atoms with van der Waals surface area (Å²) in [6, 6.07) is 7.82. The van der Waals surface area contributed by atoms with Crippen LogP contribution in [0.4, 0.5) is 0 Å². The number of alkyl halides is 1. The maximum atomic E-state index is 9.33. The first kappa shape index (κ1) is 11.3. The number of aromatic nitrogens is 1. The normalized spacial score (nSPS) is 12.9. The fraction of sp³-hybridized carbons (Fsp3) is 0.333. The van der Waals surface area contributed by atoms with Crippen molar-refractivity contribution in [3.05, 3.63) is 30.0 Å². The Hall–Kier alpha value is -1.19. The van der Waals surface area contributed by atoms with Crippen LogP contribution in [0.5, 0.6) is 5.75 Å². The maximum absolute atomic E-state index is 9.33. The number of rotatable bonds is 4. The van der Waals surface area contributed by atoms with Crippen molar-refractivity contribution in [1.29, 1.82) is 0 Å². The highest BCUT2D eigenvalue weighted by Gasteiger charge is 2.07. The van der Waals surface area contributed by atoms with Crippen LogP contribution in [0, 0.1) is 6.92 Å². The number of benzene rings is 1. The molecule has 0 aliphatic carbocycles. The molecule has 0 fully saturated rings. The smallest absolute Gasteiger partial charge is 0.128 e. The van der Waals surface area contributed by atoms with Gasteiger partial charge in [0.25, 0.3) is 0 Å². The molecule has 0 spiro atoms. The van der Waals surface area contributed by atoms with Crippen molar-refractivity contribution in [1.82, 2.24) is 4.98 Å². The molecule has 0 bridgehead atoms. The van der Waals surface area contributed by atoms with E-state index in [4.69, 9.17) is 16.3 Å². The number of fused-ring (bicyclic) bond motifs is 1. The van der Waals surface area contributed by atoms with Crippen LogP contribution >= 0.6 is 11.6 Å². The fourth-order valence-electron chi connectivity index (χ4n) is 1.62. The van der Waals surface area contributed by atoms with Gasteiger partial charge in [0.15, 0.2) is 0 Å². The van der Waals surface area contributed by atoms with Gasteiger partial charge in [0, 0.05) is 16.6 Å². The molecule has 4 heteroatoms. The molecular weight excluding hydrogens is 226 g/mol. The number of aliphatic hydroxyl groups is 1. The number of aromatic amines is 1. The standard InChI is InChI=1S/C12H14ClNO2/c1-8-5-10-11(14-8)3-2-4-12(10)16-7-9(15)6-13/h2-5,9,14-15H,6-7H2,1H3. The molecule has 2 aromatic rings. The molecule has 1 unspecified atom stereocenters. The Labute approximate surface area is 99.0 Å². The van der Waals surface area contributed by atoms with Gasteiger partial charge in [0.05, 0.1) is 5.88 Å². The third-order valence-electron chi connectivity index (χ3n) is 2.37. The van der Waals surface area contributed by atoms with E-state index in [2.05, 4.69) is 4.98 Å². The summed E-state index contributed by atoms with van der Waals surface area (Å²) in [5.41, 5.74) is 2.12. The Kier molecular flexibility index (Phi) is 3.36. The highest BCUT2D eigenvalue weighted by atomic mass is 35.5. The summed E-state index contributed by atoms with van der Waals surface area (Å²) in [6.45, 7) is 2.21. The molecule has 0 saturated carbocycles. The molecule has 0 amide bonds. The van der Waals surface area contributed by atoms with E-state index in [1.54, 1.807) is 0 Å². The number of halogens is 1. The molecule has 86 valence electrons. The fourth-order valence-corrected chi connectivity index (χ4v) is 1.71. The Morgan fingerprint density at radius 2 is 2.31 bits per heavy atom. The number of aryl methyl sites for hydroxylation is 1. The molecule has 1 aromatic heterocycles. The summed E-state index contributed by atoms with van der Waals surface area (Å²) in [6.07, 6.45) is -0.628. The number of hydrogen-bond acceptors (Lipinski definition) is 2. The first-order valence-corrected chi connectivity index (χ1v) is 5.69. The molecule has 1 atom stereocenters. The number of hydrogen-bond donors (Lipinski definition) is 2. The average molecular weight is 240 g/mol. The van der Waals surface area contributed by atoms with Crippen LogP contribution < -0.4 is 4.74 Å². The van der Waals surface area contributed by atoms with Crippen molar-refractivity contribution in [3.8, 4) is 5.75 Å². The van der Waals surface area contributed by atoms with Crippen molar-refractivity contribution in [2.75, 3.05) is 12.5 Å². The summed E-state index contributed by atoms with van der Waals surface area (Å²) in [7, 11) is 0. The lowest BCUT2D eigenvalue weighted by molar-refractivity contribution is 0.126. The number of ether oxygens (including phenoxy) is 1. The molecule has 16 heavy (non-hydrogen) atoms. The lowest BCUT2D eigenvalue weighted by Crippen LogP contribution is -2.18. The number of nitrogens with one attached hydrogen (secondary N) is 1. The molecule has 0 aliphatic rings.